The van der Waals surface area contributed by atoms with Crippen LogP contribution in [0.25, 0.3) is 0 Å². The molecule has 0 radical (unpaired) electrons. The summed E-state index contributed by atoms with van der Waals surface area (Å²) in [5.41, 5.74) is -0.168. The molecule has 0 spiro atoms. The Morgan fingerprint density at radius 1 is 1.29 bits per heavy atom. The Bertz CT molecular complexity index is 357. The van der Waals surface area contributed by atoms with Gasteiger partial charge in [-0.25, -0.2) is 9.59 Å². The zero-order valence-electron chi connectivity index (χ0n) is 9.38. The predicted octanol–water partition coefficient (Wildman–Crippen LogP) is 0.0279. The predicted molar refractivity (Wildman–Crippen MR) is 58.3 cm³/mol. The summed E-state index contributed by atoms with van der Waals surface area (Å²) in [5, 5.41) is 18.9. The minimum absolute atomic E-state index is 0.168. The molecule has 2 N–H and O–H groups in total. The molecule has 0 bridgehead atoms. The Labute approximate surface area is 98.5 Å². The van der Waals surface area contributed by atoms with E-state index in [1.807, 2.05) is 0 Å². The third kappa shape index (κ3) is 4.21. The lowest BCUT2D eigenvalue weighted by Crippen LogP contribution is -2.48. The largest absolute Gasteiger partial charge is 0.401 e. The fourth-order valence-corrected chi connectivity index (χ4v) is 0.659. The maximum Gasteiger partial charge on any atom is 0.401 e. The third-order valence-electron chi connectivity index (χ3n) is 1.69. The Hall–Kier alpha value is -1.92. The van der Waals surface area contributed by atoms with Crippen LogP contribution in [0.3, 0.4) is 0 Å². The Morgan fingerprint density at radius 2 is 1.82 bits per heavy atom. The minimum atomic E-state index is -2.80. The van der Waals surface area contributed by atoms with E-state index in [0.29, 0.717) is 0 Å². The monoisotopic (exact) mass is 242 g/mol. The van der Waals surface area contributed by atoms with Gasteiger partial charge in [-0.1, -0.05) is 25.8 Å². The molecule has 0 aromatic heterocycles. The van der Waals surface area contributed by atoms with Gasteiger partial charge in [0.15, 0.2) is 6.10 Å². The van der Waals surface area contributed by atoms with Crippen LogP contribution in [-0.4, -0.2) is 34.2 Å². The standard InChI is InChI=1S/C11H14O6/c1-5-7(3)10(14)17-11(15,8(4)12)16-9(13)6-2/h5-6,8,12,15H,1-3H2,4H3. The quantitative estimate of drug-likeness (QED) is 0.295. The zero-order chi connectivity index (χ0) is 13.6. The van der Waals surface area contributed by atoms with Gasteiger partial charge in [0.2, 0.25) is 0 Å². The van der Waals surface area contributed by atoms with E-state index in [2.05, 4.69) is 29.2 Å². The number of hydrogen-bond donors (Lipinski definition) is 2. The van der Waals surface area contributed by atoms with Gasteiger partial charge >= 0.3 is 17.9 Å². The number of rotatable bonds is 6. The molecule has 94 valence electrons. The second-order valence-corrected chi connectivity index (χ2v) is 3.05. The van der Waals surface area contributed by atoms with Crippen LogP contribution in [0, 0.1) is 0 Å². The lowest BCUT2D eigenvalue weighted by atomic mass is 10.3. The topological polar surface area (TPSA) is 93.1 Å². The van der Waals surface area contributed by atoms with Crippen molar-refractivity contribution in [1.29, 1.82) is 0 Å². The average Bonchev–Trinajstić information content (AvgIpc) is 2.27. The van der Waals surface area contributed by atoms with Crippen LogP contribution >= 0.6 is 0 Å². The second-order valence-electron chi connectivity index (χ2n) is 3.05. The molecule has 0 saturated heterocycles. The first-order chi connectivity index (χ1) is 7.76. The molecule has 6 nitrogen and oxygen atoms in total. The van der Waals surface area contributed by atoms with Crippen LogP contribution in [0.4, 0.5) is 0 Å². The van der Waals surface area contributed by atoms with E-state index in [9.17, 15) is 19.8 Å². The van der Waals surface area contributed by atoms with Gasteiger partial charge in [-0.15, -0.1) is 0 Å². The SMILES string of the molecule is C=CC(=C)C(=O)OC(O)(OC(=O)C=C)C(C)O. The van der Waals surface area contributed by atoms with Crippen molar-refractivity contribution in [3.8, 4) is 0 Å². The normalized spacial score (nSPS) is 15.0. The first-order valence-corrected chi connectivity index (χ1v) is 4.57. The molecular formula is C11H14O6. The molecule has 17 heavy (non-hydrogen) atoms. The van der Waals surface area contributed by atoms with Crippen LogP contribution in [0.5, 0.6) is 0 Å². The first kappa shape index (κ1) is 15.1. The molecule has 0 aliphatic heterocycles. The Balaban J connectivity index is 4.90. The lowest BCUT2D eigenvalue weighted by molar-refractivity contribution is -0.354. The molecule has 0 aromatic carbocycles. The van der Waals surface area contributed by atoms with Crippen molar-refractivity contribution in [2.45, 2.75) is 19.0 Å². The maximum absolute atomic E-state index is 11.3. The number of carbonyl (C=O) groups excluding carboxylic acids is 2. The van der Waals surface area contributed by atoms with Crippen LogP contribution < -0.4 is 0 Å². The summed E-state index contributed by atoms with van der Waals surface area (Å²) >= 11 is 0. The van der Waals surface area contributed by atoms with E-state index < -0.39 is 24.0 Å². The van der Waals surface area contributed by atoms with Crippen molar-refractivity contribution in [3.63, 3.8) is 0 Å². The smallest absolute Gasteiger partial charge is 0.393 e. The fraction of sp³-hybridized carbons (Fsp3) is 0.273. The van der Waals surface area contributed by atoms with Gasteiger partial charge in [0.1, 0.15) is 0 Å². The van der Waals surface area contributed by atoms with Crippen molar-refractivity contribution in [2.75, 3.05) is 0 Å². The summed E-state index contributed by atoms with van der Waals surface area (Å²) in [6.07, 6.45) is 0.164. The van der Waals surface area contributed by atoms with E-state index >= 15 is 0 Å². The van der Waals surface area contributed by atoms with Gasteiger partial charge in [-0.3, -0.25) is 0 Å². The van der Waals surface area contributed by atoms with Crippen molar-refractivity contribution in [3.05, 3.63) is 37.5 Å². The maximum atomic E-state index is 11.3. The van der Waals surface area contributed by atoms with E-state index in [4.69, 9.17) is 0 Å². The molecule has 2 atom stereocenters. The molecule has 0 aromatic rings. The molecule has 0 saturated carbocycles. The van der Waals surface area contributed by atoms with Gasteiger partial charge in [-0.05, 0) is 6.92 Å². The molecule has 0 aliphatic carbocycles. The number of esters is 2. The average molecular weight is 242 g/mol. The highest BCUT2D eigenvalue weighted by Gasteiger charge is 2.42. The molecule has 0 rings (SSSR count). The summed E-state index contributed by atoms with van der Waals surface area (Å²) in [6, 6.07) is 0. The number of aliphatic hydroxyl groups excluding tert-OH is 1. The summed E-state index contributed by atoms with van der Waals surface area (Å²) in [4.78, 5) is 22.2. The van der Waals surface area contributed by atoms with E-state index in [0.717, 1.165) is 19.1 Å². The van der Waals surface area contributed by atoms with Crippen LogP contribution in [-0.2, 0) is 19.1 Å². The first-order valence-electron chi connectivity index (χ1n) is 4.57. The number of carbonyl (C=O) groups is 2. The third-order valence-corrected chi connectivity index (χ3v) is 1.69. The van der Waals surface area contributed by atoms with Crippen molar-refractivity contribution in [2.24, 2.45) is 0 Å². The fourth-order valence-electron chi connectivity index (χ4n) is 0.659. The van der Waals surface area contributed by atoms with Crippen LogP contribution in [0.2, 0.25) is 0 Å². The molecule has 0 aliphatic rings. The Morgan fingerprint density at radius 3 is 2.18 bits per heavy atom. The van der Waals surface area contributed by atoms with Gasteiger partial charge in [0.25, 0.3) is 0 Å². The lowest BCUT2D eigenvalue weighted by Gasteiger charge is -2.28. The summed E-state index contributed by atoms with van der Waals surface area (Å²) in [6.45, 7) is 10.7. The molecule has 0 heterocycles. The van der Waals surface area contributed by atoms with Crippen LogP contribution in [0.15, 0.2) is 37.5 Å². The van der Waals surface area contributed by atoms with Gasteiger partial charge in [-0.2, -0.15) is 0 Å². The van der Waals surface area contributed by atoms with E-state index in [-0.39, 0.29) is 5.57 Å². The van der Waals surface area contributed by atoms with Crippen LogP contribution in [0.1, 0.15) is 6.92 Å². The molecule has 6 heteroatoms. The van der Waals surface area contributed by atoms with Crippen molar-refractivity contribution in [1.82, 2.24) is 0 Å². The highest BCUT2D eigenvalue weighted by atomic mass is 16.8. The molecule has 2 unspecified atom stereocenters. The summed E-state index contributed by atoms with van der Waals surface area (Å²) in [5.74, 6) is -4.94. The minimum Gasteiger partial charge on any atom is -0.393 e. The van der Waals surface area contributed by atoms with Gasteiger partial charge in [0.05, 0.1) is 5.57 Å². The van der Waals surface area contributed by atoms with Crippen molar-refractivity contribution < 1.29 is 29.3 Å². The van der Waals surface area contributed by atoms with E-state index in [1.54, 1.807) is 0 Å². The highest BCUT2D eigenvalue weighted by Crippen LogP contribution is 2.17. The molecular weight excluding hydrogens is 228 g/mol. The van der Waals surface area contributed by atoms with Gasteiger partial charge < -0.3 is 19.7 Å². The number of hydrogen-bond acceptors (Lipinski definition) is 6. The highest BCUT2D eigenvalue weighted by molar-refractivity contribution is 5.91. The van der Waals surface area contributed by atoms with Crippen molar-refractivity contribution >= 4 is 11.9 Å². The van der Waals surface area contributed by atoms with E-state index in [1.165, 1.54) is 0 Å². The number of ether oxygens (including phenoxy) is 2. The molecule has 0 fully saturated rings. The van der Waals surface area contributed by atoms with Gasteiger partial charge in [0, 0.05) is 6.08 Å². The second kappa shape index (κ2) is 5.97. The summed E-state index contributed by atoms with van der Waals surface area (Å²) < 4.78 is 8.77. The Kier molecular flexibility index (Phi) is 5.30. The molecule has 0 amide bonds. The zero-order valence-corrected chi connectivity index (χ0v) is 9.38. The number of aliphatic hydroxyl groups is 2. The summed E-state index contributed by atoms with van der Waals surface area (Å²) in [7, 11) is 0.